The number of benzene rings is 1. The van der Waals surface area contributed by atoms with Crippen molar-refractivity contribution in [1.29, 1.82) is 0 Å². The van der Waals surface area contributed by atoms with Gasteiger partial charge in [0.25, 0.3) is 0 Å². The summed E-state index contributed by atoms with van der Waals surface area (Å²) in [6.45, 7) is 0. The third-order valence-electron chi connectivity index (χ3n) is 2.25. The molecule has 1 aromatic heterocycles. The number of hydrogen-bond donors (Lipinski definition) is 2. The third-order valence-corrected chi connectivity index (χ3v) is 2.90. The van der Waals surface area contributed by atoms with Crippen LogP contribution in [0.4, 0.5) is 13.2 Å². The highest BCUT2D eigenvalue weighted by atomic mass is 79.9. The van der Waals surface area contributed by atoms with Gasteiger partial charge in [0.05, 0.1) is 5.56 Å². The Hall–Kier alpha value is -1.50. The molecule has 1 aromatic carbocycles. The number of nitrogens with one attached hydrogen (secondary N) is 1. The number of aromatic carboxylic acids is 1. The zero-order valence-electron chi connectivity index (χ0n) is 8.10. The monoisotopic (exact) mass is 307 g/mol. The van der Waals surface area contributed by atoms with Crippen LogP contribution in [0.1, 0.15) is 16.1 Å². The van der Waals surface area contributed by atoms with E-state index in [0.717, 1.165) is 12.1 Å². The number of carbonyl (C=O) groups is 1. The molecule has 0 amide bonds. The van der Waals surface area contributed by atoms with Gasteiger partial charge in [-0.25, -0.2) is 4.79 Å². The number of H-pyrrole nitrogens is 1. The number of aromatic amines is 1. The second-order valence-electron chi connectivity index (χ2n) is 3.41. The van der Waals surface area contributed by atoms with Gasteiger partial charge in [-0.3, -0.25) is 0 Å². The van der Waals surface area contributed by atoms with E-state index in [1.807, 2.05) is 0 Å². The molecule has 0 bridgehead atoms. The van der Waals surface area contributed by atoms with Crippen molar-refractivity contribution >= 4 is 32.8 Å². The number of carboxylic acid groups (broad SMARTS) is 1. The second-order valence-corrected chi connectivity index (χ2v) is 4.26. The summed E-state index contributed by atoms with van der Waals surface area (Å²) in [4.78, 5) is 13.1. The van der Waals surface area contributed by atoms with Crippen LogP contribution in [-0.2, 0) is 6.18 Å². The Balaban J connectivity index is 2.69. The van der Waals surface area contributed by atoms with Crippen molar-refractivity contribution in [2.75, 3.05) is 0 Å². The Kier molecular flexibility index (Phi) is 2.65. The van der Waals surface area contributed by atoms with Crippen molar-refractivity contribution < 1.29 is 23.1 Å². The molecule has 0 radical (unpaired) electrons. The first-order valence-electron chi connectivity index (χ1n) is 4.42. The molecule has 0 aliphatic rings. The molecule has 17 heavy (non-hydrogen) atoms. The molecule has 0 aliphatic heterocycles. The largest absolute Gasteiger partial charge is 0.477 e. The Morgan fingerprint density at radius 1 is 1.29 bits per heavy atom. The molecule has 3 nitrogen and oxygen atoms in total. The van der Waals surface area contributed by atoms with Gasteiger partial charge in [-0.2, -0.15) is 13.2 Å². The predicted molar refractivity (Wildman–Crippen MR) is 58.0 cm³/mol. The molecule has 0 spiro atoms. The lowest BCUT2D eigenvalue weighted by Crippen LogP contribution is -2.04. The van der Waals surface area contributed by atoms with Gasteiger partial charge in [0.2, 0.25) is 0 Å². The molecule has 2 aromatic rings. The first-order chi connectivity index (χ1) is 7.79. The number of carboxylic acids is 1. The van der Waals surface area contributed by atoms with Crippen LogP contribution in [0.25, 0.3) is 10.9 Å². The summed E-state index contributed by atoms with van der Waals surface area (Å²) in [6, 6.07) is 3.08. The van der Waals surface area contributed by atoms with Crippen LogP contribution in [0.3, 0.4) is 0 Å². The third kappa shape index (κ3) is 2.14. The zero-order valence-corrected chi connectivity index (χ0v) is 9.69. The van der Waals surface area contributed by atoms with E-state index < -0.39 is 17.7 Å². The van der Waals surface area contributed by atoms with E-state index in [2.05, 4.69) is 20.9 Å². The highest BCUT2D eigenvalue weighted by Crippen LogP contribution is 2.35. The van der Waals surface area contributed by atoms with Gasteiger partial charge in [-0.15, -0.1) is 0 Å². The van der Waals surface area contributed by atoms with Crippen LogP contribution >= 0.6 is 15.9 Å². The zero-order chi connectivity index (χ0) is 12.8. The van der Waals surface area contributed by atoms with Crippen molar-refractivity contribution in [3.63, 3.8) is 0 Å². The van der Waals surface area contributed by atoms with Crippen LogP contribution in [-0.4, -0.2) is 16.1 Å². The quantitative estimate of drug-likeness (QED) is 0.845. The summed E-state index contributed by atoms with van der Waals surface area (Å²) in [5.41, 5.74) is -0.861. The van der Waals surface area contributed by atoms with Crippen LogP contribution in [0.2, 0.25) is 0 Å². The van der Waals surface area contributed by atoms with Crippen molar-refractivity contribution in [2.24, 2.45) is 0 Å². The van der Waals surface area contributed by atoms with Gasteiger partial charge in [0.1, 0.15) is 5.69 Å². The SMILES string of the molecule is O=C(O)c1cc2c(Br)cc(C(F)(F)F)cc2[nH]1. The van der Waals surface area contributed by atoms with Gasteiger partial charge >= 0.3 is 12.1 Å². The van der Waals surface area contributed by atoms with Crippen molar-refractivity contribution in [2.45, 2.75) is 6.18 Å². The second kappa shape index (κ2) is 3.76. The lowest BCUT2D eigenvalue weighted by atomic mass is 10.1. The van der Waals surface area contributed by atoms with Crippen molar-refractivity contribution in [3.05, 3.63) is 33.9 Å². The average Bonchev–Trinajstić information content (AvgIpc) is 2.60. The van der Waals surface area contributed by atoms with Gasteiger partial charge in [0, 0.05) is 15.4 Å². The number of hydrogen-bond acceptors (Lipinski definition) is 1. The molecule has 2 rings (SSSR count). The van der Waals surface area contributed by atoms with Gasteiger partial charge in [-0.1, -0.05) is 15.9 Å². The van der Waals surface area contributed by atoms with Gasteiger partial charge in [0.15, 0.2) is 0 Å². The fourth-order valence-corrected chi connectivity index (χ4v) is 2.05. The maximum Gasteiger partial charge on any atom is 0.416 e. The first-order valence-corrected chi connectivity index (χ1v) is 5.21. The summed E-state index contributed by atoms with van der Waals surface area (Å²) >= 11 is 2.99. The van der Waals surface area contributed by atoms with Crippen LogP contribution < -0.4 is 0 Å². The maximum absolute atomic E-state index is 12.5. The highest BCUT2D eigenvalue weighted by Gasteiger charge is 2.31. The van der Waals surface area contributed by atoms with Crippen LogP contribution in [0.5, 0.6) is 0 Å². The highest BCUT2D eigenvalue weighted by molar-refractivity contribution is 9.10. The smallest absolute Gasteiger partial charge is 0.416 e. The summed E-state index contributed by atoms with van der Waals surface area (Å²) < 4.78 is 37.7. The Morgan fingerprint density at radius 3 is 2.47 bits per heavy atom. The topological polar surface area (TPSA) is 53.1 Å². The molecule has 7 heteroatoms. The summed E-state index contributed by atoms with van der Waals surface area (Å²) in [5, 5.41) is 9.14. The summed E-state index contributed by atoms with van der Waals surface area (Å²) in [5.74, 6) is -1.22. The number of rotatable bonds is 1. The van der Waals surface area contributed by atoms with Gasteiger partial charge in [-0.05, 0) is 18.2 Å². The maximum atomic E-state index is 12.5. The molecule has 0 saturated carbocycles. The minimum absolute atomic E-state index is 0.129. The number of alkyl halides is 3. The van der Waals surface area contributed by atoms with E-state index >= 15 is 0 Å². The molecule has 0 saturated heterocycles. The minimum Gasteiger partial charge on any atom is -0.477 e. The fraction of sp³-hybridized carbons (Fsp3) is 0.100. The van der Waals surface area contributed by atoms with E-state index in [1.165, 1.54) is 6.07 Å². The molecular formula is C10H5BrF3NO2. The van der Waals surface area contributed by atoms with Crippen LogP contribution in [0, 0.1) is 0 Å². The molecule has 1 heterocycles. The number of aromatic nitrogens is 1. The molecule has 0 unspecified atom stereocenters. The molecule has 2 N–H and O–H groups in total. The standard InChI is InChI=1S/C10H5BrF3NO2/c11-6-1-4(10(12,13)14)2-7-5(6)3-8(15-7)9(16)17/h1-3,15H,(H,16,17). The first kappa shape index (κ1) is 12.0. The van der Waals surface area contributed by atoms with E-state index in [1.54, 1.807) is 0 Å². The van der Waals surface area contributed by atoms with E-state index in [9.17, 15) is 18.0 Å². The molecule has 0 fully saturated rings. The number of fused-ring (bicyclic) bond motifs is 1. The Bertz CT molecular complexity index is 603. The van der Waals surface area contributed by atoms with Crippen molar-refractivity contribution in [3.8, 4) is 0 Å². The van der Waals surface area contributed by atoms with Crippen LogP contribution in [0.15, 0.2) is 22.7 Å². The normalized spacial score (nSPS) is 12.0. The van der Waals surface area contributed by atoms with Gasteiger partial charge < -0.3 is 10.1 Å². The molecule has 0 aliphatic carbocycles. The predicted octanol–water partition coefficient (Wildman–Crippen LogP) is 3.65. The average molecular weight is 308 g/mol. The molecular weight excluding hydrogens is 303 g/mol. The summed E-state index contributed by atoms with van der Waals surface area (Å²) in [7, 11) is 0. The Labute approximate surface area is 101 Å². The minimum atomic E-state index is -4.47. The van der Waals surface area contributed by atoms with E-state index in [0.29, 0.717) is 5.39 Å². The molecule has 90 valence electrons. The van der Waals surface area contributed by atoms with Crippen molar-refractivity contribution in [1.82, 2.24) is 4.98 Å². The fourth-order valence-electron chi connectivity index (χ4n) is 1.47. The Morgan fingerprint density at radius 2 is 1.94 bits per heavy atom. The lowest BCUT2D eigenvalue weighted by Gasteiger charge is -2.07. The number of halogens is 4. The summed E-state index contributed by atoms with van der Waals surface area (Å²) in [6.07, 6.45) is -4.47. The van der Waals surface area contributed by atoms with E-state index in [-0.39, 0.29) is 15.7 Å². The molecule has 0 atom stereocenters. The lowest BCUT2D eigenvalue weighted by molar-refractivity contribution is -0.137. The van der Waals surface area contributed by atoms with E-state index in [4.69, 9.17) is 5.11 Å².